The molecule has 0 spiro atoms. The van der Waals surface area contributed by atoms with Crippen LogP contribution in [-0.2, 0) is 11.3 Å². The van der Waals surface area contributed by atoms with Crippen LogP contribution < -0.4 is 10.3 Å². The molecule has 1 aliphatic heterocycles. The Balaban J connectivity index is 1.96. The van der Waals surface area contributed by atoms with Crippen molar-refractivity contribution in [2.75, 3.05) is 6.61 Å². The standard InChI is InChI=1S/C20H15Br2NO5/c1-2-27-20(26)15-17(24)12-7-8-13(22)18-16(12)23(19(15)25)9-14(28-18)10-3-5-11(21)6-4-10/h3-8,14,24H,2,9H2,1H3. The summed E-state index contributed by atoms with van der Waals surface area (Å²) >= 11 is 6.87. The summed E-state index contributed by atoms with van der Waals surface area (Å²) in [4.78, 5) is 25.4. The molecule has 0 saturated carbocycles. The monoisotopic (exact) mass is 507 g/mol. The van der Waals surface area contributed by atoms with Crippen molar-refractivity contribution >= 4 is 48.7 Å². The number of halogens is 2. The first-order chi connectivity index (χ1) is 13.4. The average molecular weight is 509 g/mol. The minimum Gasteiger partial charge on any atom is -0.506 e. The van der Waals surface area contributed by atoms with E-state index in [1.165, 1.54) is 4.57 Å². The Kier molecular flexibility index (Phi) is 4.93. The van der Waals surface area contributed by atoms with Gasteiger partial charge in [0.1, 0.15) is 11.9 Å². The molecule has 2 heterocycles. The van der Waals surface area contributed by atoms with Gasteiger partial charge in [-0.2, -0.15) is 0 Å². The molecule has 0 saturated heterocycles. The molecule has 144 valence electrons. The van der Waals surface area contributed by atoms with Crippen molar-refractivity contribution in [1.29, 1.82) is 0 Å². The second-order valence-corrected chi connectivity index (χ2v) is 8.06. The minimum absolute atomic E-state index is 0.103. The first kappa shape index (κ1) is 19.0. The largest absolute Gasteiger partial charge is 0.506 e. The van der Waals surface area contributed by atoms with E-state index in [0.29, 0.717) is 21.1 Å². The van der Waals surface area contributed by atoms with Gasteiger partial charge in [-0.3, -0.25) is 9.36 Å². The molecule has 0 amide bonds. The maximum Gasteiger partial charge on any atom is 0.347 e. The summed E-state index contributed by atoms with van der Waals surface area (Å²) < 4.78 is 14.2. The van der Waals surface area contributed by atoms with Crippen LogP contribution in [0.2, 0.25) is 0 Å². The second kappa shape index (κ2) is 7.25. The van der Waals surface area contributed by atoms with Crippen molar-refractivity contribution in [1.82, 2.24) is 4.57 Å². The molecule has 1 N–H and O–H groups in total. The number of ether oxygens (including phenoxy) is 2. The summed E-state index contributed by atoms with van der Waals surface area (Å²) in [5.74, 6) is -0.791. The van der Waals surface area contributed by atoms with E-state index in [-0.39, 0.29) is 18.7 Å². The molecule has 6 nitrogen and oxygen atoms in total. The Labute approximate surface area is 176 Å². The summed E-state index contributed by atoms with van der Waals surface area (Å²) in [6.45, 7) is 1.95. The Morgan fingerprint density at radius 1 is 1.25 bits per heavy atom. The molecular weight excluding hydrogens is 494 g/mol. The highest BCUT2D eigenvalue weighted by Gasteiger charge is 2.31. The number of nitrogens with zero attached hydrogens (tertiary/aromatic N) is 1. The third-order valence-corrected chi connectivity index (χ3v) is 5.79. The molecule has 0 fully saturated rings. The lowest BCUT2D eigenvalue weighted by atomic mass is 10.0. The Morgan fingerprint density at radius 2 is 1.96 bits per heavy atom. The topological polar surface area (TPSA) is 77.8 Å². The zero-order valence-corrected chi connectivity index (χ0v) is 17.9. The van der Waals surface area contributed by atoms with Gasteiger partial charge in [0.05, 0.1) is 23.1 Å². The fourth-order valence-electron chi connectivity index (χ4n) is 3.35. The molecule has 1 atom stereocenters. The number of pyridine rings is 1. The number of carbonyl (C=O) groups excluding carboxylic acids is 1. The molecule has 0 aliphatic carbocycles. The highest BCUT2D eigenvalue weighted by molar-refractivity contribution is 9.10. The summed E-state index contributed by atoms with van der Waals surface area (Å²) in [6, 6.07) is 11.0. The minimum atomic E-state index is -0.841. The second-order valence-electron chi connectivity index (χ2n) is 6.29. The maximum atomic E-state index is 13.1. The summed E-state index contributed by atoms with van der Waals surface area (Å²) in [7, 11) is 0. The van der Waals surface area contributed by atoms with Crippen molar-refractivity contribution in [3.05, 3.63) is 66.8 Å². The lowest BCUT2D eigenvalue weighted by Gasteiger charge is -2.29. The fourth-order valence-corrected chi connectivity index (χ4v) is 4.03. The van der Waals surface area contributed by atoms with Gasteiger partial charge in [-0.1, -0.05) is 28.1 Å². The van der Waals surface area contributed by atoms with Crippen LogP contribution in [0.4, 0.5) is 0 Å². The van der Waals surface area contributed by atoms with Crippen LogP contribution in [-0.4, -0.2) is 22.2 Å². The molecule has 28 heavy (non-hydrogen) atoms. The van der Waals surface area contributed by atoms with Crippen LogP contribution in [0.25, 0.3) is 10.9 Å². The zero-order valence-electron chi connectivity index (χ0n) is 14.7. The van der Waals surface area contributed by atoms with Gasteiger partial charge in [-0.15, -0.1) is 0 Å². The van der Waals surface area contributed by atoms with Gasteiger partial charge in [-0.25, -0.2) is 4.79 Å². The van der Waals surface area contributed by atoms with Gasteiger partial charge in [0.25, 0.3) is 5.56 Å². The third kappa shape index (κ3) is 3.00. The molecule has 4 rings (SSSR count). The van der Waals surface area contributed by atoms with Crippen LogP contribution >= 0.6 is 31.9 Å². The summed E-state index contributed by atoms with van der Waals surface area (Å²) in [5, 5.41) is 11.0. The quantitative estimate of drug-likeness (QED) is 0.525. The molecule has 1 aromatic heterocycles. The zero-order chi connectivity index (χ0) is 20.0. The first-order valence-corrected chi connectivity index (χ1v) is 10.2. The molecule has 0 bridgehead atoms. The van der Waals surface area contributed by atoms with E-state index in [1.807, 2.05) is 24.3 Å². The normalized spacial score (nSPS) is 15.3. The van der Waals surface area contributed by atoms with Crippen molar-refractivity contribution in [2.45, 2.75) is 19.6 Å². The van der Waals surface area contributed by atoms with Crippen LogP contribution in [0, 0.1) is 0 Å². The molecule has 3 aromatic rings. The van der Waals surface area contributed by atoms with Crippen LogP contribution in [0.1, 0.15) is 28.9 Å². The first-order valence-electron chi connectivity index (χ1n) is 8.59. The van der Waals surface area contributed by atoms with Gasteiger partial charge in [0, 0.05) is 9.86 Å². The number of esters is 1. The van der Waals surface area contributed by atoms with Gasteiger partial charge in [0.15, 0.2) is 11.3 Å². The highest BCUT2D eigenvalue weighted by atomic mass is 79.9. The predicted molar refractivity (Wildman–Crippen MR) is 111 cm³/mol. The van der Waals surface area contributed by atoms with E-state index in [2.05, 4.69) is 31.9 Å². The lowest BCUT2D eigenvalue weighted by molar-refractivity contribution is 0.0519. The van der Waals surface area contributed by atoms with Crippen molar-refractivity contribution in [3.63, 3.8) is 0 Å². The van der Waals surface area contributed by atoms with E-state index >= 15 is 0 Å². The smallest absolute Gasteiger partial charge is 0.347 e. The molecule has 1 aliphatic rings. The number of aromatic nitrogens is 1. The molecule has 1 unspecified atom stereocenters. The molecule has 8 heteroatoms. The average Bonchev–Trinajstić information content (AvgIpc) is 2.68. The number of carbonyl (C=O) groups is 1. The SMILES string of the molecule is CCOC(=O)c1c(O)c2ccc(Br)c3c2n(c1=O)CC(c1ccc(Br)cc1)O3. The Bertz CT molecular complexity index is 1150. The van der Waals surface area contributed by atoms with Crippen LogP contribution in [0.15, 0.2) is 50.1 Å². The highest BCUT2D eigenvalue weighted by Crippen LogP contribution is 2.43. The Hall–Kier alpha value is -2.32. The van der Waals surface area contributed by atoms with Gasteiger partial charge in [-0.05, 0) is 52.7 Å². The van der Waals surface area contributed by atoms with Crippen LogP contribution in [0.5, 0.6) is 11.5 Å². The van der Waals surface area contributed by atoms with E-state index in [9.17, 15) is 14.7 Å². The number of hydrogen-bond acceptors (Lipinski definition) is 5. The van der Waals surface area contributed by atoms with E-state index in [1.54, 1.807) is 19.1 Å². The maximum absolute atomic E-state index is 13.1. The number of hydrogen-bond donors (Lipinski definition) is 1. The molecule has 2 aromatic carbocycles. The number of aromatic hydroxyl groups is 1. The van der Waals surface area contributed by atoms with Crippen molar-refractivity contribution < 1.29 is 19.4 Å². The van der Waals surface area contributed by atoms with Gasteiger partial charge in [0.2, 0.25) is 0 Å². The van der Waals surface area contributed by atoms with E-state index < -0.39 is 23.4 Å². The third-order valence-electron chi connectivity index (χ3n) is 4.63. The number of benzene rings is 2. The van der Waals surface area contributed by atoms with Crippen molar-refractivity contribution in [2.24, 2.45) is 0 Å². The van der Waals surface area contributed by atoms with Gasteiger partial charge < -0.3 is 14.6 Å². The summed E-state index contributed by atoms with van der Waals surface area (Å²) in [6.07, 6.45) is -0.431. The van der Waals surface area contributed by atoms with E-state index in [0.717, 1.165) is 10.0 Å². The van der Waals surface area contributed by atoms with Gasteiger partial charge >= 0.3 is 5.97 Å². The molecule has 0 radical (unpaired) electrons. The van der Waals surface area contributed by atoms with E-state index in [4.69, 9.17) is 9.47 Å². The molecular formula is C20H15Br2NO5. The predicted octanol–water partition coefficient (Wildman–Crippen LogP) is 4.54. The summed E-state index contributed by atoms with van der Waals surface area (Å²) in [5.41, 5.74) is 0.362. The van der Waals surface area contributed by atoms with Crippen LogP contribution in [0.3, 0.4) is 0 Å². The Morgan fingerprint density at radius 3 is 2.64 bits per heavy atom. The lowest BCUT2D eigenvalue weighted by Crippen LogP contribution is -2.33. The fraction of sp³-hybridized carbons (Fsp3) is 0.200. The number of rotatable bonds is 3. The van der Waals surface area contributed by atoms with Crippen molar-refractivity contribution in [3.8, 4) is 11.5 Å².